The number of carbonyl (C=O) groups excluding carboxylic acids is 2. The van der Waals surface area contributed by atoms with Crippen LogP contribution in [0.5, 0.6) is 0 Å². The van der Waals surface area contributed by atoms with Crippen LogP contribution in [0, 0.1) is 0 Å². The third-order valence-electron chi connectivity index (χ3n) is 5.92. The summed E-state index contributed by atoms with van der Waals surface area (Å²) in [5.74, 6) is -2.09. The van der Waals surface area contributed by atoms with Gasteiger partial charge in [-0.25, -0.2) is 0 Å². The number of para-hydroxylation sites is 2. The zero-order valence-corrected chi connectivity index (χ0v) is 21.5. The average Bonchev–Trinajstić information content (AvgIpc) is 2.98. The molecule has 0 spiro atoms. The van der Waals surface area contributed by atoms with Gasteiger partial charge >= 0.3 is 11.9 Å². The topological polar surface area (TPSA) is 145 Å². The second kappa shape index (κ2) is 14.2. The summed E-state index contributed by atoms with van der Waals surface area (Å²) in [7, 11) is 0. The molecule has 39 heavy (non-hydrogen) atoms. The van der Waals surface area contributed by atoms with Gasteiger partial charge in [0.25, 0.3) is 0 Å². The van der Waals surface area contributed by atoms with Gasteiger partial charge < -0.3 is 20.9 Å². The minimum Gasteiger partial charge on any atom is -0.481 e. The standard InChI is InChI=1S/C22H19NO3.C9H12N2O2/c1-15(22(25)26)18-11-7-12-19(16-8-3-2-4-9-16)21(18)23-20-13-6-5-10-17(20)14-24;10-6-8(12)13-9(11)7-4-2-1-3-5-7/h2-15,23H,1H3,(H,25,26);1-5,9H,6,10-11H2/t;9-/m.0/s1. The molecule has 0 aliphatic rings. The Morgan fingerprint density at radius 2 is 1.51 bits per heavy atom. The van der Waals surface area contributed by atoms with Crippen molar-refractivity contribution in [1.29, 1.82) is 0 Å². The van der Waals surface area contributed by atoms with Crippen molar-refractivity contribution in [2.24, 2.45) is 11.5 Å². The van der Waals surface area contributed by atoms with E-state index in [1.54, 1.807) is 43.3 Å². The van der Waals surface area contributed by atoms with Crippen LogP contribution in [0.2, 0.25) is 0 Å². The SMILES string of the molecule is CC(C(=O)O)c1cccc(-c2ccccc2)c1Nc1ccccc1C=O.NCC(=O)O[C@H](N)c1ccccc1. The van der Waals surface area contributed by atoms with Crippen molar-refractivity contribution >= 4 is 29.6 Å². The molecule has 4 rings (SSSR count). The van der Waals surface area contributed by atoms with Gasteiger partial charge in [0.05, 0.1) is 18.2 Å². The number of nitrogens with two attached hydrogens (primary N) is 2. The summed E-state index contributed by atoms with van der Waals surface area (Å²) in [6.45, 7) is 1.50. The number of aliphatic carboxylic acids is 1. The lowest BCUT2D eigenvalue weighted by atomic mass is 9.93. The number of carbonyl (C=O) groups is 3. The fraction of sp³-hybridized carbons (Fsp3) is 0.129. The molecule has 0 bridgehead atoms. The van der Waals surface area contributed by atoms with E-state index < -0.39 is 24.1 Å². The van der Waals surface area contributed by atoms with Crippen LogP contribution in [-0.2, 0) is 14.3 Å². The number of rotatable bonds is 9. The molecule has 0 amide bonds. The predicted molar refractivity (Wildman–Crippen MR) is 152 cm³/mol. The molecule has 1 unspecified atom stereocenters. The van der Waals surface area contributed by atoms with E-state index in [-0.39, 0.29) is 6.54 Å². The Bertz CT molecular complexity index is 1390. The molecule has 0 heterocycles. The second-order valence-corrected chi connectivity index (χ2v) is 8.55. The zero-order chi connectivity index (χ0) is 28.2. The first kappa shape index (κ1) is 28.8. The van der Waals surface area contributed by atoms with Crippen LogP contribution in [0.25, 0.3) is 11.1 Å². The van der Waals surface area contributed by atoms with E-state index >= 15 is 0 Å². The second-order valence-electron chi connectivity index (χ2n) is 8.55. The van der Waals surface area contributed by atoms with E-state index in [1.807, 2.05) is 66.7 Å². The van der Waals surface area contributed by atoms with Crippen molar-refractivity contribution in [3.63, 3.8) is 0 Å². The van der Waals surface area contributed by atoms with Crippen LogP contribution in [0.4, 0.5) is 11.4 Å². The van der Waals surface area contributed by atoms with E-state index in [1.165, 1.54) is 0 Å². The van der Waals surface area contributed by atoms with Crippen LogP contribution < -0.4 is 16.8 Å². The Balaban J connectivity index is 0.000000272. The van der Waals surface area contributed by atoms with Gasteiger partial charge in [0.15, 0.2) is 12.5 Å². The first-order valence-corrected chi connectivity index (χ1v) is 12.3. The summed E-state index contributed by atoms with van der Waals surface area (Å²) in [4.78, 5) is 33.7. The maximum atomic E-state index is 11.6. The molecule has 0 aliphatic heterocycles. The fourth-order valence-electron chi connectivity index (χ4n) is 3.81. The summed E-state index contributed by atoms with van der Waals surface area (Å²) in [6, 6.07) is 31.6. The van der Waals surface area contributed by atoms with E-state index in [2.05, 4.69) is 5.32 Å². The molecular formula is C31H31N3O5. The van der Waals surface area contributed by atoms with Crippen LogP contribution in [0.1, 0.15) is 40.6 Å². The van der Waals surface area contributed by atoms with E-state index in [9.17, 15) is 19.5 Å². The Kier molecular flexibility index (Phi) is 10.5. The highest BCUT2D eigenvalue weighted by molar-refractivity contribution is 5.92. The van der Waals surface area contributed by atoms with E-state index in [0.717, 1.165) is 23.0 Å². The lowest BCUT2D eigenvalue weighted by Gasteiger charge is -2.20. The molecule has 2 atom stereocenters. The number of ether oxygens (including phenoxy) is 1. The molecule has 4 aromatic carbocycles. The first-order chi connectivity index (χ1) is 18.8. The fourth-order valence-corrected chi connectivity index (χ4v) is 3.81. The van der Waals surface area contributed by atoms with Crippen LogP contribution in [-0.4, -0.2) is 29.9 Å². The number of aldehydes is 1. The molecule has 8 nitrogen and oxygen atoms in total. The average molecular weight is 526 g/mol. The third kappa shape index (κ3) is 7.85. The third-order valence-corrected chi connectivity index (χ3v) is 5.92. The van der Waals surface area contributed by atoms with Crippen LogP contribution >= 0.6 is 0 Å². The lowest BCUT2D eigenvalue weighted by molar-refractivity contribution is -0.147. The number of benzene rings is 4. The molecular weight excluding hydrogens is 494 g/mol. The largest absolute Gasteiger partial charge is 0.481 e. The number of hydrogen-bond donors (Lipinski definition) is 4. The summed E-state index contributed by atoms with van der Waals surface area (Å²) in [6.07, 6.45) is 0.0607. The molecule has 8 heteroatoms. The highest BCUT2D eigenvalue weighted by Crippen LogP contribution is 2.37. The van der Waals surface area contributed by atoms with E-state index in [4.69, 9.17) is 16.2 Å². The number of esters is 1. The van der Waals surface area contributed by atoms with Gasteiger partial charge in [0.2, 0.25) is 0 Å². The van der Waals surface area contributed by atoms with E-state index in [0.29, 0.717) is 22.5 Å². The summed E-state index contributed by atoms with van der Waals surface area (Å²) >= 11 is 0. The van der Waals surface area contributed by atoms with Gasteiger partial charge in [0.1, 0.15) is 0 Å². The molecule has 6 N–H and O–H groups in total. The molecule has 0 saturated heterocycles. The number of hydrogen-bond acceptors (Lipinski definition) is 7. The summed E-state index contributed by atoms with van der Waals surface area (Å²) in [5.41, 5.74) is 15.8. The van der Waals surface area contributed by atoms with Gasteiger partial charge in [-0.2, -0.15) is 0 Å². The van der Waals surface area contributed by atoms with Gasteiger partial charge in [-0.3, -0.25) is 20.1 Å². The van der Waals surface area contributed by atoms with Gasteiger partial charge in [0, 0.05) is 22.4 Å². The maximum Gasteiger partial charge on any atom is 0.321 e. The van der Waals surface area contributed by atoms with Crippen molar-refractivity contribution in [1.82, 2.24) is 0 Å². The minimum atomic E-state index is -0.901. The molecule has 0 radical (unpaired) electrons. The van der Waals surface area contributed by atoms with Crippen molar-refractivity contribution in [2.45, 2.75) is 19.1 Å². The Labute approximate surface area is 227 Å². The quantitative estimate of drug-likeness (QED) is 0.132. The predicted octanol–water partition coefficient (Wildman–Crippen LogP) is 5.24. The summed E-state index contributed by atoms with van der Waals surface area (Å²) in [5, 5.41) is 12.8. The van der Waals surface area contributed by atoms with Gasteiger partial charge in [-0.1, -0.05) is 91.0 Å². The molecule has 0 saturated carbocycles. The maximum absolute atomic E-state index is 11.6. The van der Waals surface area contributed by atoms with Crippen LogP contribution in [0.15, 0.2) is 103 Å². The summed E-state index contributed by atoms with van der Waals surface area (Å²) < 4.78 is 4.80. The lowest BCUT2D eigenvalue weighted by Crippen LogP contribution is -2.24. The molecule has 0 aliphatic carbocycles. The first-order valence-electron chi connectivity index (χ1n) is 12.3. The monoisotopic (exact) mass is 525 g/mol. The van der Waals surface area contributed by atoms with Crippen molar-refractivity contribution in [2.75, 3.05) is 11.9 Å². The normalized spacial score (nSPS) is 11.8. The molecule has 0 fully saturated rings. The highest BCUT2D eigenvalue weighted by atomic mass is 16.6. The minimum absolute atomic E-state index is 0.152. The number of nitrogens with one attached hydrogen (secondary N) is 1. The van der Waals surface area contributed by atoms with Crippen molar-refractivity contribution in [3.8, 4) is 11.1 Å². The molecule has 4 aromatic rings. The smallest absolute Gasteiger partial charge is 0.321 e. The Morgan fingerprint density at radius 3 is 2.13 bits per heavy atom. The van der Waals surface area contributed by atoms with Crippen LogP contribution in [0.3, 0.4) is 0 Å². The van der Waals surface area contributed by atoms with Gasteiger partial charge in [-0.05, 0) is 30.2 Å². The van der Waals surface area contributed by atoms with Gasteiger partial charge in [-0.15, -0.1) is 0 Å². The van der Waals surface area contributed by atoms with Crippen molar-refractivity contribution in [3.05, 3.63) is 120 Å². The van der Waals surface area contributed by atoms with Crippen molar-refractivity contribution < 1.29 is 24.2 Å². The number of carboxylic acid groups (broad SMARTS) is 1. The Morgan fingerprint density at radius 1 is 0.897 bits per heavy atom. The Hall–Kier alpha value is -4.79. The zero-order valence-electron chi connectivity index (χ0n) is 21.5. The number of anilines is 2. The highest BCUT2D eigenvalue weighted by Gasteiger charge is 2.21. The molecule has 0 aromatic heterocycles. The molecule has 200 valence electrons. The number of carboxylic acids is 1.